The summed E-state index contributed by atoms with van der Waals surface area (Å²) >= 11 is 0. The summed E-state index contributed by atoms with van der Waals surface area (Å²) in [6.07, 6.45) is 3.18. The van der Waals surface area contributed by atoms with Gasteiger partial charge in [0.1, 0.15) is 5.75 Å². The standard InChI is InChI=1S/C13H16N2O/c1-2-11-5-7-15-13(11)12(3-1)16-9-10-4-6-14-8-10/h1-3,5,7,10,14-15H,4,6,8-9H2. The van der Waals surface area contributed by atoms with E-state index in [0.29, 0.717) is 5.92 Å². The molecule has 2 heterocycles. The van der Waals surface area contributed by atoms with Crippen LogP contribution in [0.3, 0.4) is 0 Å². The summed E-state index contributed by atoms with van der Waals surface area (Å²) in [5.74, 6) is 1.62. The van der Waals surface area contributed by atoms with Crippen LogP contribution in [-0.2, 0) is 0 Å². The van der Waals surface area contributed by atoms with Crippen molar-refractivity contribution in [1.29, 1.82) is 0 Å². The minimum absolute atomic E-state index is 0.658. The van der Waals surface area contributed by atoms with Gasteiger partial charge in [-0.25, -0.2) is 0 Å². The largest absolute Gasteiger partial charge is 0.491 e. The molecule has 3 heteroatoms. The van der Waals surface area contributed by atoms with Crippen molar-refractivity contribution in [2.45, 2.75) is 6.42 Å². The second-order valence-electron chi connectivity index (χ2n) is 4.37. The van der Waals surface area contributed by atoms with Gasteiger partial charge in [0, 0.05) is 24.0 Å². The average Bonchev–Trinajstić information content (AvgIpc) is 2.97. The monoisotopic (exact) mass is 216 g/mol. The predicted molar refractivity (Wildman–Crippen MR) is 64.8 cm³/mol. The maximum absolute atomic E-state index is 5.89. The number of para-hydroxylation sites is 1. The molecule has 3 rings (SSSR count). The third kappa shape index (κ3) is 1.78. The molecule has 1 fully saturated rings. The zero-order valence-electron chi connectivity index (χ0n) is 9.20. The third-order valence-electron chi connectivity index (χ3n) is 3.19. The molecule has 0 aliphatic carbocycles. The highest BCUT2D eigenvalue weighted by Crippen LogP contribution is 2.24. The van der Waals surface area contributed by atoms with Gasteiger partial charge >= 0.3 is 0 Å². The van der Waals surface area contributed by atoms with Gasteiger partial charge in [0.15, 0.2) is 0 Å². The smallest absolute Gasteiger partial charge is 0.143 e. The molecule has 1 saturated heterocycles. The maximum atomic E-state index is 5.89. The summed E-state index contributed by atoms with van der Waals surface area (Å²) in [6.45, 7) is 3.02. The van der Waals surface area contributed by atoms with Crippen LogP contribution in [0.15, 0.2) is 30.5 Å². The van der Waals surface area contributed by atoms with Gasteiger partial charge in [-0.15, -0.1) is 0 Å². The Morgan fingerprint density at radius 1 is 1.31 bits per heavy atom. The number of nitrogens with one attached hydrogen (secondary N) is 2. The Balaban J connectivity index is 1.75. The molecule has 1 aliphatic heterocycles. The van der Waals surface area contributed by atoms with Crippen molar-refractivity contribution in [3.63, 3.8) is 0 Å². The zero-order valence-corrected chi connectivity index (χ0v) is 9.20. The Morgan fingerprint density at radius 2 is 2.31 bits per heavy atom. The predicted octanol–water partition coefficient (Wildman–Crippen LogP) is 2.16. The van der Waals surface area contributed by atoms with E-state index < -0.39 is 0 Å². The number of hydrogen-bond acceptors (Lipinski definition) is 2. The number of fused-ring (bicyclic) bond motifs is 1. The van der Waals surface area contributed by atoms with E-state index in [9.17, 15) is 0 Å². The summed E-state index contributed by atoms with van der Waals surface area (Å²) in [5.41, 5.74) is 1.11. The average molecular weight is 216 g/mol. The van der Waals surface area contributed by atoms with Crippen LogP contribution in [0.25, 0.3) is 10.9 Å². The second-order valence-corrected chi connectivity index (χ2v) is 4.37. The fraction of sp³-hybridized carbons (Fsp3) is 0.385. The number of ether oxygens (including phenoxy) is 1. The number of aromatic amines is 1. The molecule has 0 bridgehead atoms. The molecule has 0 radical (unpaired) electrons. The molecule has 1 atom stereocenters. The summed E-state index contributed by atoms with van der Waals surface area (Å²) in [5, 5.41) is 4.56. The summed E-state index contributed by atoms with van der Waals surface area (Å²) in [7, 11) is 0. The number of H-pyrrole nitrogens is 1. The SMILES string of the molecule is c1cc(OCC2CCNC2)c2[nH]ccc2c1. The van der Waals surface area contributed by atoms with E-state index >= 15 is 0 Å². The Hall–Kier alpha value is -1.48. The minimum atomic E-state index is 0.658. The van der Waals surface area contributed by atoms with E-state index in [1.54, 1.807) is 0 Å². The van der Waals surface area contributed by atoms with Gasteiger partial charge in [-0.1, -0.05) is 12.1 Å². The van der Waals surface area contributed by atoms with Gasteiger partial charge in [0.05, 0.1) is 12.1 Å². The lowest BCUT2D eigenvalue weighted by Gasteiger charge is -2.11. The highest BCUT2D eigenvalue weighted by molar-refractivity contribution is 5.85. The van der Waals surface area contributed by atoms with Crippen molar-refractivity contribution in [3.8, 4) is 5.75 Å². The van der Waals surface area contributed by atoms with E-state index in [1.165, 1.54) is 11.8 Å². The lowest BCUT2D eigenvalue weighted by molar-refractivity contribution is 0.262. The van der Waals surface area contributed by atoms with Crippen LogP contribution in [0.2, 0.25) is 0 Å². The number of hydrogen-bond donors (Lipinski definition) is 2. The van der Waals surface area contributed by atoms with Crippen molar-refractivity contribution in [2.75, 3.05) is 19.7 Å². The van der Waals surface area contributed by atoms with Crippen molar-refractivity contribution in [3.05, 3.63) is 30.5 Å². The zero-order chi connectivity index (χ0) is 10.8. The lowest BCUT2D eigenvalue weighted by atomic mass is 10.1. The Morgan fingerprint density at radius 3 is 3.19 bits per heavy atom. The van der Waals surface area contributed by atoms with Crippen LogP contribution in [0.5, 0.6) is 5.75 Å². The van der Waals surface area contributed by atoms with Crippen molar-refractivity contribution in [2.24, 2.45) is 5.92 Å². The first-order valence-electron chi connectivity index (χ1n) is 5.83. The molecule has 2 N–H and O–H groups in total. The van der Waals surface area contributed by atoms with Gasteiger partial charge in [-0.3, -0.25) is 0 Å². The van der Waals surface area contributed by atoms with Gasteiger partial charge in [0.2, 0.25) is 0 Å². The van der Waals surface area contributed by atoms with Crippen LogP contribution < -0.4 is 10.1 Å². The van der Waals surface area contributed by atoms with E-state index in [1.807, 2.05) is 18.3 Å². The molecule has 2 aromatic rings. The number of rotatable bonds is 3. The molecule has 3 nitrogen and oxygen atoms in total. The van der Waals surface area contributed by atoms with Crippen molar-refractivity contribution < 1.29 is 4.74 Å². The van der Waals surface area contributed by atoms with Gasteiger partial charge in [-0.05, 0) is 25.1 Å². The first-order chi connectivity index (χ1) is 7.93. The Kier molecular flexibility index (Phi) is 2.54. The van der Waals surface area contributed by atoms with E-state index in [4.69, 9.17) is 4.74 Å². The van der Waals surface area contributed by atoms with Crippen LogP contribution in [-0.4, -0.2) is 24.7 Å². The van der Waals surface area contributed by atoms with Gasteiger partial charge in [0.25, 0.3) is 0 Å². The molecule has 0 saturated carbocycles. The third-order valence-corrected chi connectivity index (χ3v) is 3.19. The van der Waals surface area contributed by atoms with Crippen molar-refractivity contribution >= 4 is 10.9 Å². The van der Waals surface area contributed by atoms with Crippen LogP contribution in [0.1, 0.15) is 6.42 Å². The molecule has 1 aromatic carbocycles. The Bertz CT molecular complexity index is 471. The lowest BCUT2D eigenvalue weighted by Crippen LogP contribution is -2.15. The normalized spacial score (nSPS) is 20.4. The van der Waals surface area contributed by atoms with Crippen LogP contribution in [0, 0.1) is 5.92 Å². The van der Waals surface area contributed by atoms with Crippen LogP contribution in [0.4, 0.5) is 0 Å². The van der Waals surface area contributed by atoms with Crippen molar-refractivity contribution in [1.82, 2.24) is 10.3 Å². The quantitative estimate of drug-likeness (QED) is 0.825. The van der Waals surface area contributed by atoms with E-state index in [2.05, 4.69) is 22.4 Å². The van der Waals surface area contributed by atoms with E-state index in [-0.39, 0.29) is 0 Å². The Labute approximate surface area is 94.8 Å². The van der Waals surface area contributed by atoms with Gasteiger partial charge < -0.3 is 15.0 Å². The van der Waals surface area contributed by atoms with Gasteiger partial charge in [-0.2, -0.15) is 0 Å². The molecular formula is C13H16N2O. The molecule has 16 heavy (non-hydrogen) atoms. The summed E-state index contributed by atoms with van der Waals surface area (Å²) in [6, 6.07) is 8.23. The highest BCUT2D eigenvalue weighted by Gasteiger charge is 2.15. The molecule has 0 amide bonds. The first kappa shape index (κ1) is 9.73. The molecular weight excluding hydrogens is 200 g/mol. The molecule has 0 spiro atoms. The maximum Gasteiger partial charge on any atom is 0.143 e. The molecule has 1 aromatic heterocycles. The second kappa shape index (κ2) is 4.18. The van der Waals surface area contributed by atoms with Crippen LogP contribution >= 0.6 is 0 Å². The highest BCUT2D eigenvalue weighted by atomic mass is 16.5. The first-order valence-corrected chi connectivity index (χ1v) is 5.83. The molecule has 1 unspecified atom stereocenters. The number of aromatic nitrogens is 1. The molecule has 84 valence electrons. The van der Waals surface area contributed by atoms with E-state index in [0.717, 1.165) is 31.0 Å². The topological polar surface area (TPSA) is 37.0 Å². The summed E-state index contributed by atoms with van der Waals surface area (Å²) < 4.78 is 5.89. The fourth-order valence-corrected chi connectivity index (χ4v) is 2.24. The fourth-order valence-electron chi connectivity index (χ4n) is 2.24. The number of benzene rings is 1. The molecule has 1 aliphatic rings. The summed E-state index contributed by atoms with van der Waals surface area (Å²) in [4.78, 5) is 3.22. The minimum Gasteiger partial charge on any atom is -0.491 e.